The number of carbonyl (C=O) groups excluding carboxylic acids is 1. The average Bonchev–Trinajstić information content (AvgIpc) is 3.49. The van der Waals surface area contributed by atoms with Gasteiger partial charge in [0.2, 0.25) is 10.0 Å². The first-order chi connectivity index (χ1) is 13.4. The molecule has 1 fully saturated rings. The van der Waals surface area contributed by atoms with Gasteiger partial charge >= 0.3 is 6.03 Å². The van der Waals surface area contributed by atoms with E-state index in [4.69, 9.17) is 4.52 Å². The fourth-order valence-corrected chi connectivity index (χ4v) is 4.12. The van der Waals surface area contributed by atoms with E-state index in [0.717, 1.165) is 16.7 Å². The molecular formula is C20H19N3O4S. The number of carbonyl (C=O) groups is 1. The lowest BCUT2D eigenvalue weighted by Gasteiger charge is -2.08. The molecule has 2 amide bonds. The molecule has 0 bridgehead atoms. The Labute approximate surface area is 162 Å². The molecule has 144 valence electrons. The number of amides is 2. The summed E-state index contributed by atoms with van der Waals surface area (Å²) in [6, 6.07) is 16.8. The summed E-state index contributed by atoms with van der Waals surface area (Å²) in [6.07, 6.45) is 1.15. The van der Waals surface area contributed by atoms with Crippen LogP contribution in [0.1, 0.15) is 18.5 Å². The third-order valence-corrected chi connectivity index (χ3v) is 6.37. The van der Waals surface area contributed by atoms with Crippen LogP contribution < -0.4 is 10.0 Å². The van der Waals surface area contributed by atoms with Gasteiger partial charge in [0.25, 0.3) is 0 Å². The van der Waals surface area contributed by atoms with E-state index in [1.54, 1.807) is 6.92 Å². The van der Waals surface area contributed by atoms with Gasteiger partial charge in [0.1, 0.15) is 11.4 Å². The van der Waals surface area contributed by atoms with Crippen molar-refractivity contribution >= 4 is 21.7 Å². The molecular weight excluding hydrogens is 378 g/mol. The zero-order valence-corrected chi connectivity index (χ0v) is 16.0. The summed E-state index contributed by atoms with van der Waals surface area (Å²) in [5.74, 6) is 0.371. The number of anilines is 1. The SMILES string of the molecule is Cc1noc(-c2ccc(-c3ccccc3)cc2)c1NC(=O)NS(=O)(=O)C1CC1. The standard InChI is InChI=1S/C20H19N3O4S/c1-13-18(21-20(24)23-28(25,26)17-11-12-17)19(27-22-13)16-9-7-15(8-10-16)14-5-3-2-4-6-14/h2-10,17H,11-12H2,1H3,(H2,21,23,24). The molecule has 0 atom stereocenters. The zero-order chi connectivity index (χ0) is 19.7. The molecule has 2 N–H and O–H groups in total. The van der Waals surface area contributed by atoms with Gasteiger partial charge in [-0.3, -0.25) is 0 Å². The molecule has 4 rings (SSSR count). The van der Waals surface area contributed by atoms with Crippen molar-refractivity contribution in [1.29, 1.82) is 0 Å². The van der Waals surface area contributed by atoms with Gasteiger partial charge in [-0.2, -0.15) is 0 Å². The number of aromatic nitrogens is 1. The highest BCUT2D eigenvalue weighted by molar-refractivity contribution is 7.90. The normalized spacial score (nSPS) is 13.9. The van der Waals surface area contributed by atoms with Crippen molar-refractivity contribution in [3.05, 3.63) is 60.3 Å². The first-order valence-corrected chi connectivity index (χ1v) is 10.4. The van der Waals surface area contributed by atoms with Crippen LogP contribution >= 0.6 is 0 Å². The minimum atomic E-state index is -3.63. The van der Waals surface area contributed by atoms with Crippen LogP contribution in [0.2, 0.25) is 0 Å². The minimum absolute atomic E-state index is 0.343. The van der Waals surface area contributed by atoms with Crippen molar-refractivity contribution in [3.63, 3.8) is 0 Å². The van der Waals surface area contributed by atoms with E-state index in [1.165, 1.54) is 0 Å². The maximum absolute atomic E-state index is 12.2. The fraction of sp³-hybridized carbons (Fsp3) is 0.200. The molecule has 0 radical (unpaired) electrons. The van der Waals surface area contributed by atoms with E-state index < -0.39 is 21.3 Å². The molecule has 8 heteroatoms. The summed E-state index contributed by atoms with van der Waals surface area (Å²) in [5, 5.41) is 5.98. The Morgan fingerprint density at radius 1 is 1.00 bits per heavy atom. The van der Waals surface area contributed by atoms with Gasteiger partial charge in [0.05, 0.1) is 5.25 Å². The first-order valence-electron chi connectivity index (χ1n) is 8.89. The third-order valence-electron chi connectivity index (χ3n) is 4.55. The predicted molar refractivity (Wildman–Crippen MR) is 106 cm³/mol. The molecule has 2 aromatic carbocycles. The Balaban J connectivity index is 1.55. The molecule has 0 aliphatic heterocycles. The second-order valence-corrected chi connectivity index (χ2v) is 8.68. The van der Waals surface area contributed by atoms with Crippen LogP contribution in [0.25, 0.3) is 22.5 Å². The largest absolute Gasteiger partial charge is 0.354 e. The number of nitrogens with zero attached hydrogens (tertiary/aromatic N) is 1. The highest BCUT2D eigenvalue weighted by Gasteiger charge is 2.37. The monoisotopic (exact) mass is 397 g/mol. The number of hydrogen-bond donors (Lipinski definition) is 2. The van der Waals surface area contributed by atoms with Crippen LogP contribution in [-0.2, 0) is 10.0 Å². The quantitative estimate of drug-likeness (QED) is 0.679. The minimum Gasteiger partial charge on any atom is -0.354 e. The number of urea groups is 1. The number of hydrogen-bond acceptors (Lipinski definition) is 5. The third kappa shape index (κ3) is 3.77. The van der Waals surface area contributed by atoms with Gasteiger partial charge in [-0.1, -0.05) is 59.8 Å². The molecule has 1 saturated carbocycles. The molecule has 7 nitrogen and oxygen atoms in total. The lowest BCUT2D eigenvalue weighted by atomic mass is 10.0. The maximum atomic E-state index is 12.2. The smallest absolute Gasteiger partial charge is 0.333 e. The topological polar surface area (TPSA) is 101 Å². The molecule has 28 heavy (non-hydrogen) atoms. The molecule has 0 unspecified atom stereocenters. The second-order valence-electron chi connectivity index (χ2n) is 6.72. The molecule has 1 aliphatic carbocycles. The van der Waals surface area contributed by atoms with Crippen molar-refractivity contribution in [2.75, 3.05) is 5.32 Å². The van der Waals surface area contributed by atoms with Gasteiger partial charge in [0, 0.05) is 5.56 Å². The summed E-state index contributed by atoms with van der Waals surface area (Å²) in [7, 11) is -3.63. The Kier molecular flexibility index (Phi) is 4.64. The average molecular weight is 397 g/mol. The summed E-state index contributed by atoms with van der Waals surface area (Å²) < 4.78 is 31.3. The van der Waals surface area contributed by atoms with Crippen LogP contribution in [-0.4, -0.2) is 24.9 Å². The Morgan fingerprint density at radius 3 is 2.25 bits per heavy atom. The van der Waals surface area contributed by atoms with Crippen molar-refractivity contribution in [2.24, 2.45) is 0 Å². The van der Waals surface area contributed by atoms with Gasteiger partial charge < -0.3 is 9.84 Å². The number of benzene rings is 2. The van der Waals surface area contributed by atoms with E-state index in [9.17, 15) is 13.2 Å². The summed E-state index contributed by atoms with van der Waals surface area (Å²) in [5.41, 5.74) is 3.66. The Morgan fingerprint density at radius 2 is 1.61 bits per heavy atom. The van der Waals surface area contributed by atoms with Crippen molar-refractivity contribution in [3.8, 4) is 22.5 Å². The van der Waals surface area contributed by atoms with Gasteiger partial charge in [-0.25, -0.2) is 17.9 Å². The van der Waals surface area contributed by atoms with Crippen LogP contribution in [0.4, 0.5) is 10.5 Å². The summed E-state index contributed by atoms with van der Waals surface area (Å²) in [4.78, 5) is 12.2. The van der Waals surface area contributed by atoms with E-state index in [0.29, 0.717) is 30.0 Å². The van der Waals surface area contributed by atoms with Crippen LogP contribution in [0.5, 0.6) is 0 Å². The van der Waals surface area contributed by atoms with E-state index in [2.05, 4.69) is 10.5 Å². The molecule has 0 saturated heterocycles. The van der Waals surface area contributed by atoms with E-state index in [-0.39, 0.29) is 0 Å². The molecule has 0 spiro atoms. The van der Waals surface area contributed by atoms with Crippen molar-refractivity contribution in [2.45, 2.75) is 25.0 Å². The van der Waals surface area contributed by atoms with Gasteiger partial charge in [-0.05, 0) is 30.9 Å². The van der Waals surface area contributed by atoms with E-state index >= 15 is 0 Å². The number of aryl methyl sites for hydroxylation is 1. The molecule has 1 aliphatic rings. The number of rotatable bonds is 5. The lowest BCUT2D eigenvalue weighted by Crippen LogP contribution is -2.36. The lowest BCUT2D eigenvalue weighted by molar-refractivity contribution is 0.256. The molecule has 3 aromatic rings. The van der Waals surface area contributed by atoms with Crippen LogP contribution in [0, 0.1) is 6.92 Å². The van der Waals surface area contributed by atoms with Crippen molar-refractivity contribution in [1.82, 2.24) is 9.88 Å². The number of sulfonamides is 1. The van der Waals surface area contributed by atoms with Crippen LogP contribution in [0.3, 0.4) is 0 Å². The second kappa shape index (κ2) is 7.12. The van der Waals surface area contributed by atoms with E-state index in [1.807, 2.05) is 59.3 Å². The highest BCUT2D eigenvalue weighted by Crippen LogP contribution is 2.33. The van der Waals surface area contributed by atoms with Crippen LogP contribution in [0.15, 0.2) is 59.1 Å². The summed E-state index contributed by atoms with van der Waals surface area (Å²) in [6.45, 7) is 1.68. The zero-order valence-electron chi connectivity index (χ0n) is 15.2. The predicted octanol–water partition coefficient (Wildman–Crippen LogP) is 3.93. The highest BCUT2D eigenvalue weighted by atomic mass is 32.2. The molecule has 1 heterocycles. The maximum Gasteiger partial charge on any atom is 0.333 e. The first kappa shape index (κ1) is 18.2. The van der Waals surface area contributed by atoms with Crippen molar-refractivity contribution < 1.29 is 17.7 Å². The fourth-order valence-electron chi connectivity index (χ4n) is 2.89. The Hall–Kier alpha value is -3.13. The number of nitrogens with one attached hydrogen (secondary N) is 2. The Bertz CT molecular complexity index is 1100. The van der Waals surface area contributed by atoms with Gasteiger partial charge in [-0.15, -0.1) is 0 Å². The molecule has 1 aromatic heterocycles. The van der Waals surface area contributed by atoms with Gasteiger partial charge in [0.15, 0.2) is 5.76 Å². The summed E-state index contributed by atoms with van der Waals surface area (Å²) >= 11 is 0.